The van der Waals surface area contributed by atoms with Crippen molar-refractivity contribution in [3.63, 3.8) is 0 Å². The Morgan fingerprint density at radius 2 is 1.95 bits per heavy atom. The normalized spacial score (nSPS) is 34.0. The Hall–Kier alpha value is -1.46. The van der Waals surface area contributed by atoms with Gasteiger partial charge in [-0.15, -0.1) is 0 Å². The quantitative estimate of drug-likeness (QED) is 0.924. The van der Waals surface area contributed by atoms with Crippen molar-refractivity contribution < 1.29 is 14.1 Å². The van der Waals surface area contributed by atoms with Gasteiger partial charge in [0, 0.05) is 32.8 Å². The summed E-state index contributed by atoms with van der Waals surface area (Å²) in [5.74, 6) is 0.588. The standard InChI is InChI=1S/C17H19NO3S/c1-21-16-7-2-11-8-12(3-6-15(11)18-16)17(19)9-13-4-5-14(10-17)22(13)20/h2-3,6-8,13-14,19H,4-5,9-10H2,1H3. The molecule has 4 nitrogen and oxygen atoms in total. The first kappa shape index (κ1) is 14.2. The van der Waals surface area contributed by atoms with Gasteiger partial charge >= 0.3 is 0 Å². The lowest BCUT2D eigenvalue weighted by atomic mass is 9.85. The second-order valence-electron chi connectivity index (χ2n) is 6.35. The van der Waals surface area contributed by atoms with E-state index in [2.05, 4.69) is 4.98 Å². The molecule has 1 aromatic heterocycles. The maximum Gasteiger partial charge on any atom is 0.213 e. The van der Waals surface area contributed by atoms with E-state index in [1.54, 1.807) is 7.11 Å². The molecule has 22 heavy (non-hydrogen) atoms. The highest BCUT2D eigenvalue weighted by Crippen LogP contribution is 2.46. The van der Waals surface area contributed by atoms with E-state index >= 15 is 0 Å². The van der Waals surface area contributed by atoms with Gasteiger partial charge in [0.15, 0.2) is 0 Å². The van der Waals surface area contributed by atoms with E-state index in [1.807, 2.05) is 30.3 Å². The predicted molar refractivity (Wildman–Crippen MR) is 86.4 cm³/mol. The lowest BCUT2D eigenvalue weighted by Crippen LogP contribution is -2.40. The third-order valence-electron chi connectivity index (χ3n) is 5.01. The van der Waals surface area contributed by atoms with Gasteiger partial charge in [0.05, 0.1) is 18.2 Å². The van der Waals surface area contributed by atoms with E-state index in [0.29, 0.717) is 18.7 Å². The van der Waals surface area contributed by atoms with E-state index in [0.717, 1.165) is 29.3 Å². The molecule has 0 radical (unpaired) electrons. The van der Waals surface area contributed by atoms with Crippen molar-refractivity contribution in [3.05, 3.63) is 35.9 Å². The third-order valence-corrected chi connectivity index (χ3v) is 7.13. The first-order valence-electron chi connectivity index (χ1n) is 7.66. The van der Waals surface area contributed by atoms with Gasteiger partial charge < -0.3 is 9.84 Å². The molecule has 2 fully saturated rings. The Morgan fingerprint density at radius 3 is 2.64 bits per heavy atom. The molecule has 2 saturated heterocycles. The molecular formula is C17H19NO3S. The zero-order valence-electron chi connectivity index (χ0n) is 12.5. The number of benzene rings is 1. The molecule has 2 bridgehead atoms. The van der Waals surface area contributed by atoms with Gasteiger partial charge in [-0.05, 0) is 49.4 Å². The smallest absolute Gasteiger partial charge is 0.213 e. The molecule has 5 heteroatoms. The first-order chi connectivity index (χ1) is 10.6. The SMILES string of the molecule is COc1ccc2cc(C3(O)CC4CCC(C3)S4=O)ccc2n1. The van der Waals surface area contributed by atoms with Crippen molar-refractivity contribution in [2.24, 2.45) is 0 Å². The number of fused-ring (bicyclic) bond motifs is 3. The number of pyridine rings is 1. The number of methoxy groups -OCH3 is 1. The van der Waals surface area contributed by atoms with E-state index in [9.17, 15) is 9.32 Å². The molecule has 0 saturated carbocycles. The molecular weight excluding hydrogens is 298 g/mol. The van der Waals surface area contributed by atoms with Gasteiger partial charge in [-0.2, -0.15) is 0 Å². The van der Waals surface area contributed by atoms with Crippen LogP contribution in [0.3, 0.4) is 0 Å². The monoisotopic (exact) mass is 317 g/mol. The first-order valence-corrected chi connectivity index (χ1v) is 8.94. The minimum absolute atomic E-state index is 0.147. The third kappa shape index (κ3) is 2.15. The molecule has 0 aliphatic carbocycles. The molecule has 0 amide bonds. The van der Waals surface area contributed by atoms with Crippen molar-refractivity contribution in [3.8, 4) is 5.88 Å². The number of ether oxygens (including phenoxy) is 1. The largest absolute Gasteiger partial charge is 0.481 e. The van der Waals surface area contributed by atoms with Crippen LogP contribution in [-0.2, 0) is 16.4 Å². The van der Waals surface area contributed by atoms with Gasteiger partial charge in [-0.1, -0.05) is 6.07 Å². The predicted octanol–water partition coefficient (Wildman–Crippen LogP) is 2.50. The molecule has 1 N–H and O–H groups in total. The molecule has 2 aliphatic rings. The van der Waals surface area contributed by atoms with Crippen molar-refractivity contribution in [2.45, 2.75) is 41.8 Å². The summed E-state index contributed by atoms with van der Waals surface area (Å²) in [5.41, 5.74) is 0.919. The second-order valence-corrected chi connectivity index (χ2v) is 8.34. The van der Waals surface area contributed by atoms with E-state index < -0.39 is 16.4 Å². The molecule has 2 aromatic rings. The van der Waals surface area contributed by atoms with Gasteiger partial charge in [0.2, 0.25) is 5.88 Å². The highest BCUT2D eigenvalue weighted by molar-refractivity contribution is 7.86. The summed E-state index contributed by atoms with van der Waals surface area (Å²) in [4.78, 5) is 4.40. The van der Waals surface area contributed by atoms with Gasteiger partial charge in [-0.25, -0.2) is 4.98 Å². The van der Waals surface area contributed by atoms with Crippen molar-refractivity contribution in [1.82, 2.24) is 4.98 Å². The van der Waals surface area contributed by atoms with Crippen molar-refractivity contribution in [2.75, 3.05) is 7.11 Å². The molecule has 3 heterocycles. The Bertz CT molecular complexity index is 745. The summed E-state index contributed by atoms with van der Waals surface area (Å²) in [7, 11) is 0.841. The Balaban J connectivity index is 1.73. The highest BCUT2D eigenvalue weighted by Gasteiger charge is 2.48. The molecule has 2 unspecified atom stereocenters. The highest BCUT2D eigenvalue weighted by atomic mass is 32.2. The maximum absolute atomic E-state index is 12.2. The van der Waals surface area contributed by atoms with Gasteiger partial charge in [0.1, 0.15) is 0 Å². The zero-order chi connectivity index (χ0) is 15.3. The van der Waals surface area contributed by atoms with Crippen LogP contribution in [-0.4, -0.2) is 31.9 Å². The summed E-state index contributed by atoms with van der Waals surface area (Å²) in [6.45, 7) is 0. The Labute approximate surface area is 132 Å². The maximum atomic E-state index is 12.2. The second kappa shape index (κ2) is 5.03. The fourth-order valence-electron chi connectivity index (χ4n) is 3.83. The van der Waals surface area contributed by atoms with Crippen LogP contribution in [0.2, 0.25) is 0 Å². The minimum atomic E-state index is -0.853. The minimum Gasteiger partial charge on any atom is -0.481 e. The van der Waals surface area contributed by atoms with E-state index in [1.165, 1.54) is 0 Å². The molecule has 116 valence electrons. The molecule has 1 aromatic carbocycles. The Morgan fingerprint density at radius 1 is 1.23 bits per heavy atom. The van der Waals surface area contributed by atoms with E-state index in [4.69, 9.17) is 4.74 Å². The molecule has 2 aliphatic heterocycles. The lowest BCUT2D eigenvalue weighted by molar-refractivity contribution is 0.0186. The number of hydrogen-bond donors (Lipinski definition) is 1. The fraction of sp³-hybridized carbons (Fsp3) is 0.471. The average molecular weight is 317 g/mol. The van der Waals surface area contributed by atoms with Gasteiger partial charge in [-0.3, -0.25) is 4.21 Å². The number of aliphatic hydroxyl groups is 1. The van der Waals surface area contributed by atoms with Crippen LogP contribution in [0.25, 0.3) is 10.9 Å². The number of nitrogens with zero attached hydrogens (tertiary/aromatic N) is 1. The summed E-state index contributed by atoms with van der Waals surface area (Å²) in [5, 5.41) is 12.4. The van der Waals surface area contributed by atoms with Crippen LogP contribution in [0.4, 0.5) is 0 Å². The topological polar surface area (TPSA) is 59.4 Å². The molecule has 0 spiro atoms. The molecule has 2 atom stereocenters. The average Bonchev–Trinajstić information content (AvgIpc) is 2.75. The van der Waals surface area contributed by atoms with Gasteiger partial charge in [0.25, 0.3) is 0 Å². The number of rotatable bonds is 2. The van der Waals surface area contributed by atoms with Crippen LogP contribution < -0.4 is 4.74 Å². The van der Waals surface area contributed by atoms with Crippen LogP contribution in [0.15, 0.2) is 30.3 Å². The lowest BCUT2D eigenvalue weighted by Gasteiger charge is -2.36. The van der Waals surface area contributed by atoms with Crippen LogP contribution in [0, 0.1) is 0 Å². The number of hydrogen-bond acceptors (Lipinski definition) is 4. The summed E-state index contributed by atoms with van der Waals surface area (Å²) in [6.07, 6.45) is 3.16. The van der Waals surface area contributed by atoms with Crippen LogP contribution in [0.1, 0.15) is 31.2 Å². The summed E-state index contributed by atoms with van der Waals surface area (Å²) in [6, 6.07) is 9.68. The zero-order valence-corrected chi connectivity index (χ0v) is 13.3. The summed E-state index contributed by atoms with van der Waals surface area (Å²) >= 11 is 0. The van der Waals surface area contributed by atoms with Crippen LogP contribution >= 0.6 is 0 Å². The van der Waals surface area contributed by atoms with Crippen molar-refractivity contribution in [1.29, 1.82) is 0 Å². The Kier molecular flexibility index (Phi) is 3.24. The number of aromatic nitrogens is 1. The van der Waals surface area contributed by atoms with Crippen LogP contribution in [0.5, 0.6) is 5.88 Å². The van der Waals surface area contributed by atoms with Crippen molar-refractivity contribution >= 4 is 21.7 Å². The summed E-state index contributed by atoms with van der Waals surface area (Å²) < 4.78 is 17.3. The molecule has 4 rings (SSSR count). The van der Waals surface area contributed by atoms with E-state index in [-0.39, 0.29) is 10.5 Å². The fourth-order valence-corrected chi connectivity index (χ4v) is 5.99.